The van der Waals surface area contributed by atoms with Crippen LogP contribution in [0.5, 0.6) is 5.75 Å². The van der Waals surface area contributed by atoms with Crippen molar-refractivity contribution in [1.82, 2.24) is 5.32 Å². The molecular weight excluding hydrogens is 326 g/mol. The Bertz CT molecular complexity index is 714. The Hall–Kier alpha value is -2.33. The number of hydrogen-bond donors (Lipinski definition) is 1. The summed E-state index contributed by atoms with van der Waals surface area (Å²) in [7, 11) is 0. The lowest BCUT2D eigenvalue weighted by atomic mass is 10.1. The third-order valence-corrected chi connectivity index (χ3v) is 3.64. The van der Waals surface area contributed by atoms with E-state index in [0.717, 1.165) is 5.56 Å². The minimum Gasteiger partial charge on any atom is -0.478 e. The molecule has 0 spiro atoms. The summed E-state index contributed by atoms with van der Waals surface area (Å²) in [5.41, 5.74) is -0.191. The number of nitrogens with one attached hydrogen (secondary N) is 1. The SMILES string of the molecule is CC(C)(Oc1cccc(Cl)c1)C(=O)NCC(=O)Cc1ccccc1. The molecule has 0 aliphatic carbocycles. The van der Waals surface area contributed by atoms with Crippen molar-refractivity contribution in [3.63, 3.8) is 0 Å². The molecule has 0 heterocycles. The zero-order chi connectivity index (χ0) is 17.6. The quantitative estimate of drug-likeness (QED) is 0.836. The molecule has 0 aliphatic rings. The van der Waals surface area contributed by atoms with E-state index in [1.165, 1.54) is 0 Å². The number of amides is 1. The summed E-state index contributed by atoms with van der Waals surface area (Å²) in [5, 5.41) is 3.16. The van der Waals surface area contributed by atoms with Crippen LogP contribution < -0.4 is 10.1 Å². The summed E-state index contributed by atoms with van der Waals surface area (Å²) in [6.45, 7) is 3.26. The Kier molecular flexibility index (Phi) is 5.99. The highest BCUT2D eigenvalue weighted by Crippen LogP contribution is 2.22. The van der Waals surface area contributed by atoms with E-state index >= 15 is 0 Å². The first-order valence-electron chi connectivity index (χ1n) is 7.65. The van der Waals surface area contributed by atoms with Crippen molar-refractivity contribution in [1.29, 1.82) is 0 Å². The van der Waals surface area contributed by atoms with Gasteiger partial charge in [-0.1, -0.05) is 48.0 Å². The summed E-state index contributed by atoms with van der Waals surface area (Å²) >= 11 is 5.91. The van der Waals surface area contributed by atoms with Crippen molar-refractivity contribution in [2.45, 2.75) is 25.9 Å². The predicted molar refractivity (Wildman–Crippen MR) is 94.3 cm³/mol. The highest BCUT2D eigenvalue weighted by Gasteiger charge is 2.30. The van der Waals surface area contributed by atoms with Gasteiger partial charge in [-0.2, -0.15) is 0 Å². The van der Waals surface area contributed by atoms with Crippen molar-refractivity contribution in [2.24, 2.45) is 0 Å². The molecular formula is C19H20ClNO3. The molecule has 0 bridgehead atoms. The molecule has 1 N–H and O–H groups in total. The molecule has 0 saturated heterocycles. The molecule has 126 valence electrons. The summed E-state index contributed by atoms with van der Waals surface area (Å²) in [5.74, 6) is 0.0789. The fourth-order valence-corrected chi connectivity index (χ4v) is 2.33. The van der Waals surface area contributed by atoms with Crippen molar-refractivity contribution in [2.75, 3.05) is 6.54 Å². The lowest BCUT2D eigenvalue weighted by Crippen LogP contribution is -2.48. The van der Waals surface area contributed by atoms with Gasteiger partial charge in [-0.05, 0) is 37.6 Å². The number of benzene rings is 2. The van der Waals surface area contributed by atoms with E-state index in [0.29, 0.717) is 10.8 Å². The molecule has 2 aromatic rings. The predicted octanol–water partition coefficient (Wildman–Crippen LogP) is 3.43. The molecule has 24 heavy (non-hydrogen) atoms. The number of Topliss-reactive ketones (excluding diaryl/α,β-unsaturated/α-hetero) is 1. The van der Waals surface area contributed by atoms with Gasteiger partial charge in [0, 0.05) is 11.4 Å². The second-order valence-corrected chi connectivity index (χ2v) is 6.39. The van der Waals surface area contributed by atoms with Crippen LogP contribution in [0.3, 0.4) is 0 Å². The second kappa shape index (κ2) is 7.97. The Morgan fingerprint density at radius 2 is 1.79 bits per heavy atom. The van der Waals surface area contributed by atoms with Crippen molar-refractivity contribution in [3.05, 3.63) is 65.2 Å². The molecule has 2 aromatic carbocycles. The highest BCUT2D eigenvalue weighted by atomic mass is 35.5. The van der Waals surface area contributed by atoms with E-state index in [1.54, 1.807) is 38.1 Å². The first-order valence-corrected chi connectivity index (χ1v) is 8.03. The highest BCUT2D eigenvalue weighted by molar-refractivity contribution is 6.30. The summed E-state index contributed by atoms with van der Waals surface area (Å²) < 4.78 is 5.69. The molecule has 2 rings (SSSR count). The van der Waals surface area contributed by atoms with Gasteiger partial charge in [0.15, 0.2) is 11.4 Å². The van der Waals surface area contributed by atoms with Crippen LogP contribution >= 0.6 is 11.6 Å². The van der Waals surface area contributed by atoms with Crippen molar-refractivity contribution >= 4 is 23.3 Å². The topological polar surface area (TPSA) is 55.4 Å². The van der Waals surface area contributed by atoms with Gasteiger partial charge in [-0.3, -0.25) is 9.59 Å². The van der Waals surface area contributed by atoms with Crippen LogP contribution in [-0.2, 0) is 16.0 Å². The second-order valence-electron chi connectivity index (χ2n) is 5.95. The maximum Gasteiger partial charge on any atom is 0.263 e. The van der Waals surface area contributed by atoms with Crippen molar-refractivity contribution in [3.8, 4) is 5.75 Å². The Labute approximate surface area is 146 Å². The molecule has 0 unspecified atom stereocenters. The molecule has 5 heteroatoms. The van der Waals surface area contributed by atoms with E-state index in [2.05, 4.69) is 5.32 Å². The summed E-state index contributed by atoms with van der Waals surface area (Å²) in [6, 6.07) is 16.2. The number of carbonyl (C=O) groups excluding carboxylic acids is 2. The van der Waals surface area contributed by atoms with Crippen LogP contribution in [0, 0.1) is 0 Å². The van der Waals surface area contributed by atoms with Crippen LogP contribution in [-0.4, -0.2) is 23.8 Å². The molecule has 0 aliphatic heterocycles. The Morgan fingerprint density at radius 1 is 1.08 bits per heavy atom. The smallest absolute Gasteiger partial charge is 0.263 e. The summed E-state index contributed by atoms with van der Waals surface area (Å²) in [6.07, 6.45) is 0.288. The van der Waals surface area contributed by atoms with Gasteiger partial charge in [0.05, 0.1) is 6.54 Å². The average molecular weight is 346 g/mol. The molecule has 1 amide bonds. The summed E-state index contributed by atoms with van der Waals surface area (Å²) in [4.78, 5) is 24.3. The number of halogens is 1. The maximum atomic E-state index is 12.3. The van der Waals surface area contributed by atoms with Gasteiger partial charge in [0.2, 0.25) is 0 Å². The first kappa shape index (κ1) is 18.0. The van der Waals surface area contributed by atoms with E-state index in [-0.39, 0.29) is 24.7 Å². The standard InChI is InChI=1S/C19H20ClNO3/c1-19(2,24-17-10-6-9-15(20)12-17)18(23)21-13-16(22)11-14-7-4-3-5-8-14/h3-10,12H,11,13H2,1-2H3,(H,21,23). The van der Waals surface area contributed by atoms with Crippen LogP contribution in [0.2, 0.25) is 5.02 Å². The van der Waals surface area contributed by atoms with Crippen LogP contribution in [0.15, 0.2) is 54.6 Å². The Morgan fingerprint density at radius 3 is 2.46 bits per heavy atom. The monoisotopic (exact) mass is 345 g/mol. The lowest BCUT2D eigenvalue weighted by Gasteiger charge is -2.25. The minimum absolute atomic E-state index is 0.0317. The van der Waals surface area contributed by atoms with Gasteiger partial charge in [-0.25, -0.2) is 0 Å². The van der Waals surface area contributed by atoms with E-state index in [9.17, 15) is 9.59 Å². The van der Waals surface area contributed by atoms with Crippen LogP contribution in [0.1, 0.15) is 19.4 Å². The van der Waals surface area contributed by atoms with E-state index in [1.807, 2.05) is 30.3 Å². The van der Waals surface area contributed by atoms with Gasteiger partial charge in [0.25, 0.3) is 5.91 Å². The van der Waals surface area contributed by atoms with Crippen LogP contribution in [0.25, 0.3) is 0 Å². The number of ether oxygens (including phenoxy) is 1. The zero-order valence-corrected chi connectivity index (χ0v) is 14.5. The largest absolute Gasteiger partial charge is 0.478 e. The van der Waals surface area contributed by atoms with Gasteiger partial charge >= 0.3 is 0 Å². The molecule has 0 saturated carbocycles. The van der Waals surface area contributed by atoms with Crippen LogP contribution in [0.4, 0.5) is 0 Å². The first-order chi connectivity index (χ1) is 11.4. The van der Waals surface area contributed by atoms with E-state index < -0.39 is 5.60 Å². The van der Waals surface area contributed by atoms with Crippen molar-refractivity contribution < 1.29 is 14.3 Å². The third kappa shape index (κ3) is 5.39. The maximum absolute atomic E-state index is 12.3. The van der Waals surface area contributed by atoms with E-state index in [4.69, 9.17) is 16.3 Å². The number of hydrogen-bond acceptors (Lipinski definition) is 3. The Balaban J connectivity index is 1.87. The number of ketones is 1. The fraction of sp³-hybridized carbons (Fsp3) is 0.263. The fourth-order valence-electron chi connectivity index (χ4n) is 2.15. The number of carbonyl (C=O) groups is 2. The lowest BCUT2D eigenvalue weighted by molar-refractivity contribution is -0.135. The molecule has 0 aromatic heterocycles. The van der Waals surface area contributed by atoms with Gasteiger partial charge in [-0.15, -0.1) is 0 Å². The molecule has 0 atom stereocenters. The molecule has 0 fully saturated rings. The zero-order valence-electron chi connectivity index (χ0n) is 13.7. The van der Waals surface area contributed by atoms with Gasteiger partial charge in [0.1, 0.15) is 5.75 Å². The molecule has 4 nitrogen and oxygen atoms in total. The minimum atomic E-state index is -1.11. The normalized spacial score (nSPS) is 11.0. The molecule has 0 radical (unpaired) electrons. The third-order valence-electron chi connectivity index (χ3n) is 3.41. The average Bonchev–Trinajstić information content (AvgIpc) is 2.53. The van der Waals surface area contributed by atoms with Gasteiger partial charge < -0.3 is 10.1 Å². The number of rotatable bonds is 7.